The molecule has 0 aliphatic heterocycles. The Kier molecular flexibility index (Phi) is 4.46. The molecule has 0 heterocycles. The molecule has 0 spiro atoms. The summed E-state index contributed by atoms with van der Waals surface area (Å²) in [6.07, 6.45) is 4.03. The van der Waals surface area contributed by atoms with Crippen molar-refractivity contribution in [1.82, 2.24) is 0 Å². The normalized spacial score (nSPS) is 26.9. The van der Waals surface area contributed by atoms with Crippen LogP contribution in [0.4, 0.5) is 0 Å². The Morgan fingerprint density at radius 2 is 2.05 bits per heavy atom. The van der Waals surface area contributed by atoms with Crippen LogP contribution in [0.5, 0.6) is 0 Å². The minimum Gasteiger partial charge on any atom is -0.281 e. The van der Waals surface area contributed by atoms with Gasteiger partial charge in [-0.2, -0.15) is 0 Å². The third kappa shape index (κ3) is 2.76. The fourth-order valence-corrected chi connectivity index (χ4v) is 3.57. The summed E-state index contributed by atoms with van der Waals surface area (Å²) in [5.74, 6) is 0.705. The third-order valence-electron chi connectivity index (χ3n) is 4.45. The van der Waals surface area contributed by atoms with Gasteiger partial charge in [-0.15, -0.1) is 0 Å². The summed E-state index contributed by atoms with van der Waals surface area (Å²) in [6, 6.07) is 8.47. The fraction of sp³-hybridized carbons (Fsp3) is 0.471. The molecule has 2 rings (SSSR count). The van der Waals surface area contributed by atoms with Gasteiger partial charge in [0.25, 0.3) is 0 Å². The second-order valence-corrected chi connectivity index (χ2v) is 5.87. The number of benzene rings is 1. The van der Waals surface area contributed by atoms with Crippen molar-refractivity contribution < 1.29 is 4.79 Å². The van der Waals surface area contributed by atoms with Gasteiger partial charge in [0, 0.05) is 5.92 Å². The summed E-state index contributed by atoms with van der Waals surface area (Å²) in [4.78, 5) is 11.5. The molecule has 1 aromatic rings. The standard InChI is InChI=1S/C17H21ClO/c1-4-13-12(3)15(17(18)19)9-10-16(13)14-8-6-5-7-11(14)2/h5-8,10,12-13,15H,4,9H2,1-3H3. The molecule has 102 valence electrons. The van der Waals surface area contributed by atoms with E-state index in [1.165, 1.54) is 16.7 Å². The molecule has 1 nitrogen and oxygen atoms in total. The molecule has 0 bridgehead atoms. The van der Waals surface area contributed by atoms with Gasteiger partial charge in [-0.3, -0.25) is 4.79 Å². The van der Waals surface area contributed by atoms with Gasteiger partial charge in [-0.25, -0.2) is 0 Å². The molecule has 2 heteroatoms. The van der Waals surface area contributed by atoms with Crippen LogP contribution in [0.3, 0.4) is 0 Å². The Morgan fingerprint density at radius 1 is 1.37 bits per heavy atom. The molecule has 0 fully saturated rings. The van der Waals surface area contributed by atoms with Gasteiger partial charge in [0.05, 0.1) is 0 Å². The van der Waals surface area contributed by atoms with E-state index in [0.29, 0.717) is 11.8 Å². The van der Waals surface area contributed by atoms with Crippen LogP contribution in [0.15, 0.2) is 30.3 Å². The van der Waals surface area contributed by atoms with Crippen LogP contribution >= 0.6 is 11.6 Å². The summed E-state index contributed by atoms with van der Waals surface area (Å²) in [5, 5.41) is -0.189. The second kappa shape index (κ2) is 5.92. The van der Waals surface area contributed by atoms with Crippen LogP contribution < -0.4 is 0 Å². The number of halogens is 1. The lowest BCUT2D eigenvalue weighted by Crippen LogP contribution is -2.29. The van der Waals surface area contributed by atoms with Crippen LogP contribution in [0.2, 0.25) is 0 Å². The topological polar surface area (TPSA) is 17.1 Å². The highest BCUT2D eigenvalue weighted by atomic mass is 35.5. The lowest BCUT2D eigenvalue weighted by Gasteiger charge is -2.35. The zero-order valence-electron chi connectivity index (χ0n) is 11.8. The fourth-order valence-electron chi connectivity index (χ4n) is 3.28. The monoisotopic (exact) mass is 276 g/mol. The number of aryl methyl sites for hydroxylation is 1. The number of hydrogen-bond acceptors (Lipinski definition) is 1. The Morgan fingerprint density at radius 3 is 2.63 bits per heavy atom. The van der Waals surface area contributed by atoms with Crippen LogP contribution in [0.1, 0.15) is 37.8 Å². The van der Waals surface area contributed by atoms with Crippen LogP contribution in [-0.2, 0) is 4.79 Å². The minimum absolute atomic E-state index is 0.0283. The van der Waals surface area contributed by atoms with Crippen molar-refractivity contribution in [3.05, 3.63) is 41.5 Å². The van der Waals surface area contributed by atoms with Crippen molar-refractivity contribution >= 4 is 22.4 Å². The Bertz CT molecular complexity index is 504. The highest BCUT2D eigenvalue weighted by Gasteiger charge is 2.34. The summed E-state index contributed by atoms with van der Waals surface area (Å²) in [6.45, 7) is 6.49. The third-order valence-corrected chi connectivity index (χ3v) is 4.73. The van der Waals surface area contributed by atoms with Gasteiger partial charge in [0.2, 0.25) is 5.24 Å². The maximum atomic E-state index is 11.5. The molecule has 1 aliphatic rings. The highest BCUT2D eigenvalue weighted by molar-refractivity contribution is 6.64. The second-order valence-electron chi connectivity index (χ2n) is 5.49. The van der Waals surface area contributed by atoms with E-state index in [2.05, 4.69) is 51.1 Å². The molecule has 0 saturated carbocycles. The van der Waals surface area contributed by atoms with E-state index in [0.717, 1.165) is 12.8 Å². The number of hydrogen-bond donors (Lipinski definition) is 0. The van der Waals surface area contributed by atoms with E-state index in [1.807, 2.05) is 0 Å². The zero-order chi connectivity index (χ0) is 14.0. The molecule has 1 aliphatic carbocycles. The van der Waals surface area contributed by atoms with Gasteiger partial charge in [0.1, 0.15) is 0 Å². The van der Waals surface area contributed by atoms with Crippen molar-refractivity contribution in [2.24, 2.45) is 17.8 Å². The highest BCUT2D eigenvalue weighted by Crippen LogP contribution is 2.42. The first-order valence-electron chi connectivity index (χ1n) is 7.01. The van der Waals surface area contributed by atoms with E-state index in [4.69, 9.17) is 11.6 Å². The van der Waals surface area contributed by atoms with E-state index < -0.39 is 0 Å². The lowest BCUT2D eigenvalue weighted by molar-refractivity contribution is -0.116. The summed E-state index contributed by atoms with van der Waals surface area (Å²) in [5.41, 5.74) is 4.01. The van der Waals surface area contributed by atoms with Crippen LogP contribution in [-0.4, -0.2) is 5.24 Å². The van der Waals surface area contributed by atoms with E-state index in [-0.39, 0.29) is 11.2 Å². The molecule has 3 atom stereocenters. The van der Waals surface area contributed by atoms with Gasteiger partial charge < -0.3 is 0 Å². The van der Waals surface area contributed by atoms with Crippen molar-refractivity contribution in [3.8, 4) is 0 Å². The van der Waals surface area contributed by atoms with Crippen molar-refractivity contribution in [3.63, 3.8) is 0 Å². The molecule has 3 unspecified atom stereocenters. The largest absolute Gasteiger partial charge is 0.281 e. The summed E-state index contributed by atoms with van der Waals surface area (Å²) >= 11 is 5.73. The smallest absolute Gasteiger partial charge is 0.225 e. The maximum Gasteiger partial charge on any atom is 0.225 e. The zero-order valence-corrected chi connectivity index (χ0v) is 12.6. The van der Waals surface area contributed by atoms with E-state index in [1.54, 1.807) is 0 Å². The van der Waals surface area contributed by atoms with Crippen molar-refractivity contribution in [2.75, 3.05) is 0 Å². The molecule has 0 aromatic heterocycles. The molecule has 0 saturated heterocycles. The minimum atomic E-state index is -0.189. The van der Waals surface area contributed by atoms with Crippen LogP contribution in [0.25, 0.3) is 5.57 Å². The summed E-state index contributed by atoms with van der Waals surface area (Å²) < 4.78 is 0. The maximum absolute atomic E-state index is 11.5. The number of allylic oxidation sites excluding steroid dienone is 2. The first-order chi connectivity index (χ1) is 9.06. The van der Waals surface area contributed by atoms with E-state index >= 15 is 0 Å². The van der Waals surface area contributed by atoms with Crippen LogP contribution in [0, 0.1) is 24.7 Å². The number of carbonyl (C=O) groups is 1. The predicted molar refractivity (Wildman–Crippen MR) is 81.1 cm³/mol. The Balaban J connectivity index is 2.41. The lowest BCUT2D eigenvalue weighted by atomic mass is 9.70. The number of rotatable bonds is 3. The van der Waals surface area contributed by atoms with Crippen molar-refractivity contribution in [1.29, 1.82) is 0 Å². The number of carbonyl (C=O) groups excluding carboxylic acids is 1. The average molecular weight is 277 g/mol. The molecule has 19 heavy (non-hydrogen) atoms. The quantitative estimate of drug-likeness (QED) is 0.723. The molecule has 1 aromatic carbocycles. The Labute approximate surface area is 120 Å². The average Bonchev–Trinajstić information content (AvgIpc) is 2.38. The molecule has 0 amide bonds. The summed E-state index contributed by atoms with van der Waals surface area (Å²) in [7, 11) is 0. The van der Waals surface area contributed by atoms with Gasteiger partial charge in [0.15, 0.2) is 0 Å². The predicted octanol–water partition coefficient (Wildman–Crippen LogP) is 4.83. The molecule has 0 radical (unpaired) electrons. The first kappa shape index (κ1) is 14.3. The SMILES string of the molecule is CCC1C(c2ccccc2C)=CCC(C(=O)Cl)C1C. The molecular formula is C17H21ClO. The van der Waals surface area contributed by atoms with Gasteiger partial charge in [-0.05, 0) is 59.9 Å². The first-order valence-corrected chi connectivity index (χ1v) is 7.39. The Hall–Kier alpha value is -1.08. The van der Waals surface area contributed by atoms with Gasteiger partial charge >= 0.3 is 0 Å². The van der Waals surface area contributed by atoms with Crippen molar-refractivity contribution in [2.45, 2.75) is 33.6 Å². The molecule has 0 N–H and O–H groups in total. The van der Waals surface area contributed by atoms with E-state index in [9.17, 15) is 4.79 Å². The molecular weight excluding hydrogens is 256 g/mol. The van der Waals surface area contributed by atoms with Gasteiger partial charge in [-0.1, -0.05) is 44.2 Å².